The van der Waals surface area contributed by atoms with E-state index in [0.29, 0.717) is 17.0 Å². The summed E-state index contributed by atoms with van der Waals surface area (Å²) in [6.07, 6.45) is 5.78. The van der Waals surface area contributed by atoms with Gasteiger partial charge in [-0.3, -0.25) is 14.2 Å². The predicted octanol–water partition coefficient (Wildman–Crippen LogP) is 7.15. The number of rotatable bonds is 4. The first kappa shape index (κ1) is 22.9. The third-order valence-electron chi connectivity index (χ3n) is 7.31. The minimum absolute atomic E-state index is 0.136. The van der Waals surface area contributed by atoms with Gasteiger partial charge in [-0.15, -0.1) is 0 Å². The lowest BCUT2D eigenvalue weighted by molar-refractivity contribution is 0.0990. The van der Waals surface area contributed by atoms with Crippen LogP contribution in [0.15, 0.2) is 109 Å². The van der Waals surface area contributed by atoms with Gasteiger partial charge in [0.1, 0.15) is 5.82 Å². The van der Waals surface area contributed by atoms with Crippen molar-refractivity contribution in [2.24, 2.45) is 7.05 Å². The molecule has 7 rings (SSSR count). The normalized spacial score (nSPS) is 13.2. The molecule has 1 aliphatic rings. The van der Waals surface area contributed by atoms with Crippen molar-refractivity contribution in [1.29, 1.82) is 0 Å². The lowest BCUT2D eigenvalue weighted by Gasteiger charge is -2.06. The Balaban J connectivity index is 1.37. The number of hydrogen-bond donors (Lipinski definition) is 0. The highest BCUT2D eigenvalue weighted by Crippen LogP contribution is 2.33. The first-order valence-corrected chi connectivity index (χ1v) is 12.8. The molecule has 5 heteroatoms. The number of fused-ring (bicyclic) bond motifs is 3. The van der Waals surface area contributed by atoms with Gasteiger partial charge in [-0.05, 0) is 58.8 Å². The number of para-hydroxylation sites is 1. The number of carbonyl (C=O) groups is 2. The molecule has 0 spiro atoms. The van der Waals surface area contributed by atoms with Crippen LogP contribution in [0.25, 0.3) is 45.9 Å². The van der Waals surface area contributed by atoms with Gasteiger partial charge in [0.15, 0.2) is 17.2 Å². The third kappa shape index (κ3) is 3.75. The fourth-order valence-corrected chi connectivity index (χ4v) is 5.29. The predicted molar refractivity (Wildman–Crippen MR) is 156 cm³/mol. The second kappa shape index (κ2) is 8.92. The zero-order valence-electron chi connectivity index (χ0n) is 21.2. The Bertz CT molecular complexity index is 1930. The number of ketones is 2. The molecule has 0 saturated carbocycles. The van der Waals surface area contributed by atoms with Crippen molar-refractivity contribution in [2.45, 2.75) is 0 Å². The molecule has 0 saturated heterocycles. The molecule has 2 heterocycles. The number of aryl methyl sites for hydroxylation is 1. The highest BCUT2D eigenvalue weighted by atomic mass is 16.2. The van der Waals surface area contributed by atoms with Gasteiger partial charge in [0.25, 0.3) is 0 Å². The molecule has 186 valence electrons. The number of allylic oxidation sites excluding steroid dienone is 1. The zero-order chi connectivity index (χ0) is 26.5. The second-order valence-corrected chi connectivity index (χ2v) is 9.68. The SMILES string of the molecule is Cn1c(/C=C/c2ccccc2)cc2c1nc(C=C1C(=O)c3cc4ccccc4cc3C1=O)n2-c1ccccc1. The van der Waals surface area contributed by atoms with Crippen LogP contribution in [0.2, 0.25) is 0 Å². The number of Topliss-reactive ketones (excluding diaryl/α,β-unsaturated/α-hetero) is 2. The lowest BCUT2D eigenvalue weighted by atomic mass is 10.0. The van der Waals surface area contributed by atoms with Gasteiger partial charge in [0, 0.05) is 29.6 Å². The summed E-state index contributed by atoms with van der Waals surface area (Å²) in [5, 5.41) is 1.87. The van der Waals surface area contributed by atoms with E-state index < -0.39 is 0 Å². The van der Waals surface area contributed by atoms with Crippen LogP contribution in [0.3, 0.4) is 0 Å². The molecular formula is C34H23N3O2. The number of carbonyl (C=O) groups excluding carboxylic acids is 2. The maximum absolute atomic E-state index is 13.5. The van der Waals surface area contributed by atoms with Crippen LogP contribution in [0.5, 0.6) is 0 Å². The molecule has 39 heavy (non-hydrogen) atoms. The average Bonchev–Trinajstić information content (AvgIpc) is 3.56. The molecule has 2 aromatic heterocycles. The summed E-state index contributed by atoms with van der Waals surface area (Å²) in [6, 6.07) is 33.5. The van der Waals surface area contributed by atoms with Crippen molar-refractivity contribution in [2.75, 3.05) is 0 Å². The molecule has 5 nitrogen and oxygen atoms in total. The molecule has 0 amide bonds. The topological polar surface area (TPSA) is 56.9 Å². The summed E-state index contributed by atoms with van der Waals surface area (Å²) in [6.45, 7) is 0. The highest BCUT2D eigenvalue weighted by molar-refractivity contribution is 6.42. The number of benzene rings is 4. The summed E-state index contributed by atoms with van der Waals surface area (Å²) >= 11 is 0. The number of hydrogen-bond acceptors (Lipinski definition) is 3. The van der Waals surface area contributed by atoms with E-state index in [1.54, 1.807) is 6.08 Å². The van der Waals surface area contributed by atoms with Crippen LogP contribution >= 0.6 is 0 Å². The van der Waals surface area contributed by atoms with Crippen LogP contribution in [0.4, 0.5) is 0 Å². The monoisotopic (exact) mass is 505 g/mol. The van der Waals surface area contributed by atoms with Crippen molar-refractivity contribution >= 4 is 51.7 Å². The first-order valence-electron chi connectivity index (χ1n) is 12.8. The molecule has 0 radical (unpaired) electrons. The maximum Gasteiger partial charge on any atom is 0.197 e. The molecule has 0 N–H and O–H groups in total. The van der Waals surface area contributed by atoms with Crippen LogP contribution in [-0.4, -0.2) is 25.7 Å². The quantitative estimate of drug-likeness (QED) is 0.189. The van der Waals surface area contributed by atoms with E-state index in [0.717, 1.165) is 38.9 Å². The van der Waals surface area contributed by atoms with Crippen LogP contribution < -0.4 is 0 Å². The maximum atomic E-state index is 13.5. The van der Waals surface area contributed by atoms with E-state index >= 15 is 0 Å². The van der Waals surface area contributed by atoms with E-state index in [1.165, 1.54) is 0 Å². The van der Waals surface area contributed by atoms with E-state index in [9.17, 15) is 9.59 Å². The fraction of sp³-hybridized carbons (Fsp3) is 0.0294. The summed E-state index contributed by atoms with van der Waals surface area (Å²) in [7, 11) is 1.97. The third-order valence-corrected chi connectivity index (χ3v) is 7.31. The molecule has 0 unspecified atom stereocenters. The lowest BCUT2D eigenvalue weighted by Crippen LogP contribution is -2.03. The minimum Gasteiger partial charge on any atom is -0.328 e. The van der Waals surface area contributed by atoms with E-state index in [-0.39, 0.29) is 17.1 Å². The zero-order valence-corrected chi connectivity index (χ0v) is 21.2. The Morgan fingerprint density at radius 3 is 1.92 bits per heavy atom. The molecule has 0 fully saturated rings. The standard InChI is InChI=1S/C34H23N3O2/c1-36-26(17-16-22-10-4-2-5-11-22)20-30-34(36)35-31(37(30)25-14-6-3-7-15-25)21-29-32(38)27-18-23-12-8-9-13-24(23)19-28(27)33(29)39/h2-21H,1H3/b17-16+. The Labute approximate surface area is 225 Å². The molecule has 4 aromatic carbocycles. The van der Waals surface area contributed by atoms with Gasteiger partial charge in [0.2, 0.25) is 0 Å². The molecule has 0 aliphatic heterocycles. The van der Waals surface area contributed by atoms with Gasteiger partial charge in [-0.2, -0.15) is 0 Å². The van der Waals surface area contributed by atoms with E-state index in [1.807, 2.05) is 101 Å². The summed E-state index contributed by atoms with van der Waals surface area (Å²) in [5.41, 5.74) is 5.69. The fourth-order valence-electron chi connectivity index (χ4n) is 5.29. The largest absolute Gasteiger partial charge is 0.328 e. The average molecular weight is 506 g/mol. The van der Waals surface area contributed by atoms with Crippen molar-refractivity contribution in [3.05, 3.63) is 137 Å². The van der Waals surface area contributed by atoms with Crippen LogP contribution in [0, 0.1) is 0 Å². The van der Waals surface area contributed by atoms with Gasteiger partial charge < -0.3 is 4.57 Å². The van der Waals surface area contributed by atoms with Gasteiger partial charge in [-0.1, -0.05) is 78.9 Å². The van der Waals surface area contributed by atoms with Gasteiger partial charge in [0.05, 0.1) is 11.1 Å². The van der Waals surface area contributed by atoms with Crippen molar-refractivity contribution in [1.82, 2.24) is 14.1 Å². The Morgan fingerprint density at radius 2 is 1.28 bits per heavy atom. The van der Waals surface area contributed by atoms with Gasteiger partial charge in [-0.25, -0.2) is 4.98 Å². The Morgan fingerprint density at radius 1 is 0.692 bits per heavy atom. The molecule has 0 bridgehead atoms. The van der Waals surface area contributed by atoms with Crippen molar-refractivity contribution in [3.8, 4) is 5.69 Å². The molecular weight excluding hydrogens is 482 g/mol. The second-order valence-electron chi connectivity index (χ2n) is 9.68. The van der Waals surface area contributed by atoms with E-state index in [4.69, 9.17) is 4.98 Å². The Kier molecular flexibility index (Phi) is 5.23. The Hall–Kier alpha value is -5.29. The van der Waals surface area contributed by atoms with Gasteiger partial charge >= 0.3 is 0 Å². The summed E-state index contributed by atoms with van der Waals surface area (Å²) < 4.78 is 4.03. The van der Waals surface area contributed by atoms with Crippen LogP contribution in [0.1, 0.15) is 37.8 Å². The molecule has 1 aliphatic carbocycles. The first-order chi connectivity index (χ1) is 19.1. The molecule has 6 aromatic rings. The van der Waals surface area contributed by atoms with Crippen molar-refractivity contribution < 1.29 is 9.59 Å². The summed E-state index contributed by atoms with van der Waals surface area (Å²) in [4.78, 5) is 31.8. The number of nitrogens with zero attached hydrogens (tertiary/aromatic N) is 3. The molecule has 0 atom stereocenters. The summed E-state index contributed by atoms with van der Waals surface area (Å²) in [5.74, 6) is 0.00672. The highest BCUT2D eigenvalue weighted by Gasteiger charge is 2.34. The minimum atomic E-state index is -0.265. The number of aromatic nitrogens is 3. The smallest absolute Gasteiger partial charge is 0.197 e. The van der Waals surface area contributed by atoms with E-state index in [2.05, 4.69) is 30.4 Å². The number of imidazole rings is 1. The van der Waals surface area contributed by atoms with Crippen LogP contribution in [-0.2, 0) is 7.05 Å². The van der Waals surface area contributed by atoms with Crippen molar-refractivity contribution in [3.63, 3.8) is 0 Å².